The number of hydrogen-bond donors (Lipinski definition) is 1. The third kappa shape index (κ3) is 6.04. The third-order valence-corrected chi connectivity index (χ3v) is 5.94. The van der Waals surface area contributed by atoms with Crippen molar-refractivity contribution in [2.75, 3.05) is 11.1 Å². The standard InChI is InChI=1S/C20H20F2N4O4S2/c1-3-26-17(15-9-6-10-31-15)24-25-20(26)32-11-16(27)29-12(2)18(28)23-13-7-4-5-8-14(13)30-19(21)22/h4-10,12,19H,3,11H2,1-2H3,(H,23,28). The van der Waals surface area contributed by atoms with E-state index >= 15 is 0 Å². The number of carbonyl (C=O) groups excluding carboxylic acids is 2. The van der Waals surface area contributed by atoms with Crippen molar-refractivity contribution in [2.24, 2.45) is 0 Å². The molecule has 1 unspecified atom stereocenters. The van der Waals surface area contributed by atoms with E-state index in [0.29, 0.717) is 11.7 Å². The maximum Gasteiger partial charge on any atom is 0.387 e. The molecule has 0 saturated heterocycles. The third-order valence-electron chi connectivity index (χ3n) is 4.13. The highest BCUT2D eigenvalue weighted by Gasteiger charge is 2.21. The molecule has 1 atom stereocenters. The first-order chi connectivity index (χ1) is 15.4. The molecule has 32 heavy (non-hydrogen) atoms. The Morgan fingerprint density at radius 2 is 2.00 bits per heavy atom. The molecule has 3 aromatic rings. The van der Waals surface area contributed by atoms with Gasteiger partial charge >= 0.3 is 12.6 Å². The minimum absolute atomic E-state index is 0.0484. The Morgan fingerprint density at radius 1 is 1.22 bits per heavy atom. The molecule has 2 heterocycles. The number of alkyl halides is 2. The SMILES string of the molecule is CCn1c(SCC(=O)OC(C)C(=O)Nc2ccccc2OC(F)F)nnc1-c1cccs1. The van der Waals surface area contributed by atoms with Gasteiger partial charge in [-0.3, -0.25) is 9.59 Å². The van der Waals surface area contributed by atoms with Gasteiger partial charge in [-0.2, -0.15) is 8.78 Å². The summed E-state index contributed by atoms with van der Waals surface area (Å²) in [4.78, 5) is 25.5. The lowest BCUT2D eigenvalue weighted by atomic mass is 10.2. The number of carbonyl (C=O) groups is 2. The van der Waals surface area contributed by atoms with Crippen LogP contribution in [0, 0.1) is 0 Å². The van der Waals surface area contributed by atoms with E-state index in [1.807, 2.05) is 29.0 Å². The number of thioether (sulfide) groups is 1. The van der Waals surface area contributed by atoms with Gasteiger partial charge in [-0.1, -0.05) is 30.0 Å². The first-order valence-corrected chi connectivity index (χ1v) is 11.4. The van der Waals surface area contributed by atoms with Gasteiger partial charge in [0.15, 0.2) is 17.1 Å². The van der Waals surface area contributed by atoms with Crippen LogP contribution in [0.1, 0.15) is 13.8 Å². The van der Waals surface area contributed by atoms with Crippen molar-refractivity contribution < 1.29 is 27.8 Å². The zero-order valence-electron chi connectivity index (χ0n) is 17.2. The van der Waals surface area contributed by atoms with Crippen LogP contribution in [-0.2, 0) is 20.9 Å². The first kappa shape index (κ1) is 23.7. The van der Waals surface area contributed by atoms with Crippen LogP contribution < -0.4 is 10.1 Å². The van der Waals surface area contributed by atoms with Gasteiger partial charge in [0, 0.05) is 6.54 Å². The number of benzene rings is 1. The van der Waals surface area contributed by atoms with E-state index in [0.717, 1.165) is 22.5 Å². The molecule has 170 valence electrons. The predicted molar refractivity (Wildman–Crippen MR) is 117 cm³/mol. The number of thiophene rings is 1. The van der Waals surface area contributed by atoms with E-state index in [2.05, 4.69) is 20.3 Å². The number of hydrogen-bond acceptors (Lipinski definition) is 8. The van der Waals surface area contributed by atoms with Crippen LogP contribution in [0.3, 0.4) is 0 Å². The first-order valence-electron chi connectivity index (χ1n) is 9.53. The second-order valence-corrected chi connectivity index (χ2v) is 8.20. The van der Waals surface area contributed by atoms with E-state index in [1.165, 1.54) is 25.1 Å². The highest BCUT2D eigenvalue weighted by atomic mass is 32.2. The van der Waals surface area contributed by atoms with Gasteiger partial charge in [0.25, 0.3) is 5.91 Å². The van der Waals surface area contributed by atoms with E-state index in [4.69, 9.17) is 4.74 Å². The van der Waals surface area contributed by atoms with Gasteiger partial charge in [0.2, 0.25) is 0 Å². The van der Waals surface area contributed by atoms with Crippen LogP contribution in [0.4, 0.5) is 14.5 Å². The van der Waals surface area contributed by atoms with Crippen LogP contribution in [0.5, 0.6) is 5.75 Å². The van der Waals surface area contributed by atoms with E-state index in [1.54, 1.807) is 17.4 Å². The summed E-state index contributed by atoms with van der Waals surface area (Å²) in [5.41, 5.74) is 0.0484. The smallest absolute Gasteiger partial charge is 0.387 e. The summed E-state index contributed by atoms with van der Waals surface area (Å²) in [5, 5.41) is 13.3. The fourth-order valence-electron chi connectivity index (χ4n) is 2.68. The van der Waals surface area contributed by atoms with Crippen LogP contribution >= 0.6 is 23.1 Å². The van der Waals surface area contributed by atoms with Gasteiger partial charge in [-0.15, -0.1) is 21.5 Å². The average molecular weight is 483 g/mol. The Labute approximate surface area is 190 Å². The maximum absolute atomic E-state index is 12.5. The number of halogens is 2. The lowest BCUT2D eigenvalue weighted by Gasteiger charge is -2.15. The summed E-state index contributed by atoms with van der Waals surface area (Å²) in [7, 11) is 0. The van der Waals surface area contributed by atoms with Crippen LogP contribution in [0.15, 0.2) is 46.9 Å². The van der Waals surface area contributed by atoms with Gasteiger partial charge in [0.1, 0.15) is 5.75 Å². The van der Waals surface area contributed by atoms with Crippen molar-refractivity contribution in [2.45, 2.75) is 38.3 Å². The molecule has 8 nitrogen and oxygen atoms in total. The molecule has 1 aromatic carbocycles. The normalized spacial score (nSPS) is 11.9. The lowest BCUT2D eigenvalue weighted by molar-refractivity contribution is -0.150. The number of para-hydroxylation sites is 2. The molecule has 0 bridgehead atoms. The second kappa shape index (κ2) is 11.0. The van der Waals surface area contributed by atoms with Crippen molar-refractivity contribution in [1.82, 2.24) is 14.8 Å². The zero-order chi connectivity index (χ0) is 23.1. The number of esters is 1. The average Bonchev–Trinajstić information content (AvgIpc) is 3.42. The number of rotatable bonds is 10. The Hall–Kier alpha value is -2.99. The highest BCUT2D eigenvalue weighted by molar-refractivity contribution is 7.99. The minimum atomic E-state index is -3.04. The largest absolute Gasteiger partial charge is 0.452 e. The van der Waals surface area contributed by atoms with Gasteiger partial charge in [0.05, 0.1) is 16.3 Å². The number of nitrogens with zero attached hydrogens (tertiary/aromatic N) is 3. The molecule has 1 amide bonds. The molecule has 0 aliphatic carbocycles. The summed E-state index contributed by atoms with van der Waals surface area (Å²) >= 11 is 2.69. The Balaban J connectivity index is 1.55. The molecule has 0 spiro atoms. The molecular weight excluding hydrogens is 462 g/mol. The Kier molecular flexibility index (Phi) is 8.17. The van der Waals surface area contributed by atoms with Crippen LogP contribution in [-0.4, -0.2) is 45.1 Å². The molecule has 0 aliphatic rings. The lowest BCUT2D eigenvalue weighted by Crippen LogP contribution is -2.30. The molecular formula is C20H20F2N4O4S2. The highest BCUT2D eigenvalue weighted by Crippen LogP contribution is 2.28. The van der Waals surface area contributed by atoms with E-state index in [-0.39, 0.29) is 17.2 Å². The fourth-order valence-corrected chi connectivity index (χ4v) is 4.18. The molecule has 0 saturated carbocycles. The summed E-state index contributed by atoms with van der Waals surface area (Å²) < 4.78 is 36.4. The molecule has 2 aromatic heterocycles. The van der Waals surface area contributed by atoms with Crippen molar-refractivity contribution >= 4 is 40.7 Å². The number of ether oxygens (including phenoxy) is 2. The van der Waals surface area contributed by atoms with Crippen molar-refractivity contribution in [3.8, 4) is 16.5 Å². The van der Waals surface area contributed by atoms with Crippen LogP contribution in [0.25, 0.3) is 10.7 Å². The molecule has 12 heteroatoms. The topological polar surface area (TPSA) is 95.3 Å². The summed E-state index contributed by atoms with van der Waals surface area (Å²) in [6.07, 6.45) is -1.14. The molecule has 0 radical (unpaired) electrons. The molecule has 0 aliphatic heterocycles. The second-order valence-electron chi connectivity index (χ2n) is 6.31. The van der Waals surface area contributed by atoms with Crippen molar-refractivity contribution in [3.63, 3.8) is 0 Å². The number of amides is 1. The number of nitrogens with one attached hydrogen (secondary N) is 1. The number of anilines is 1. The molecule has 0 fully saturated rings. The Morgan fingerprint density at radius 3 is 2.69 bits per heavy atom. The molecule has 3 rings (SSSR count). The van der Waals surface area contributed by atoms with E-state index < -0.39 is 24.6 Å². The van der Waals surface area contributed by atoms with Crippen molar-refractivity contribution in [1.29, 1.82) is 0 Å². The fraction of sp³-hybridized carbons (Fsp3) is 0.300. The number of aromatic nitrogens is 3. The predicted octanol–water partition coefficient (Wildman–Crippen LogP) is 4.29. The summed E-state index contributed by atoms with van der Waals surface area (Å²) in [5.74, 6) is -0.852. The molecule has 1 N–H and O–H groups in total. The Bertz CT molecular complexity index is 1060. The maximum atomic E-state index is 12.5. The van der Waals surface area contributed by atoms with Gasteiger partial charge in [-0.25, -0.2) is 0 Å². The quantitative estimate of drug-likeness (QED) is 0.340. The monoisotopic (exact) mass is 482 g/mol. The van der Waals surface area contributed by atoms with Gasteiger partial charge < -0.3 is 19.4 Å². The van der Waals surface area contributed by atoms with Gasteiger partial charge in [-0.05, 0) is 37.4 Å². The van der Waals surface area contributed by atoms with Crippen molar-refractivity contribution in [3.05, 3.63) is 41.8 Å². The minimum Gasteiger partial charge on any atom is -0.452 e. The van der Waals surface area contributed by atoms with E-state index in [9.17, 15) is 18.4 Å². The van der Waals surface area contributed by atoms with Crippen LogP contribution in [0.2, 0.25) is 0 Å². The summed E-state index contributed by atoms with van der Waals surface area (Å²) in [6.45, 7) is 0.921. The summed E-state index contributed by atoms with van der Waals surface area (Å²) in [6, 6.07) is 9.60. The zero-order valence-corrected chi connectivity index (χ0v) is 18.8.